The molecule has 1 rings (SSSR count). The Morgan fingerprint density at radius 1 is 1.24 bits per heavy atom. The van der Waals surface area contributed by atoms with Gasteiger partial charge in [0.2, 0.25) is 0 Å². The number of carbonyl (C=O) groups excluding carboxylic acids is 1. The van der Waals surface area contributed by atoms with Crippen LogP contribution >= 0.6 is 0 Å². The fourth-order valence-corrected chi connectivity index (χ4v) is 3.07. The van der Waals surface area contributed by atoms with E-state index in [1.165, 1.54) is 12.7 Å². The minimum atomic E-state index is -1.64. The van der Waals surface area contributed by atoms with Crippen LogP contribution < -0.4 is 0 Å². The second-order valence-electron chi connectivity index (χ2n) is 5.05. The molecule has 0 saturated carbocycles. The first-order valence-electron chi connectivity index (χ1n) is 5.78. The van der Waals surface area contributed by atoms with Gasteiger partial charge in [0.15, 0.2) is 0 Å². The van der Waals surface area contributed by atoms with Crippen molar-refractivity contribution in [2.75, 3.05) is 7.11 Å². The zero-order chi connectivity index (χ0) is 12.9. The summed E-state index contributed by atoms with van der Waals surface area (Å²) in [7, 11) is -0.195. The largest absolute Gasteiger partial charge is 0.466 e. The molecule has 0 unspecified atom stereocenters. The van der Waals surface area contributed by atoms with Crippen molar-refractivity contribution in [1.82, 2.24) is 0 Å². The molecule has 2 nitrogen and oxygen atoms in total. The van der Waals surface area contributed by atoms with Crippen molar-refractivity contribution in [3.63, 3.8) is 0 Å². The van der Waals surface area contributed by atoms with Gasteiger partial charge >= 0.3 is 5.97 Å². The Morgan fingerprint density at radius 2 is 1.82 bits per heavy atom. The lowest BCUT2D eigenvalue weighted by Gasteiger charge is -2.18. The number of allylic oxidation sites excluding steroid dienone is 1. The van der Waals surface area contributed by atoms with E-state index >= 15 is 0 Å². The summed E-state index contributed by atoms with van der Waals surface area (Å²) in [6.45, 7) is 6.46. The van der Waals surface area contributed by atoms with Gasteiger partial charge in [-0.05, 0) is 12.0 Å². The Bertz CT molecular complexity index is 402. The van der Waals surface area contributed by atoms with E-state index in [9.17, 15) is 4.79 Å². The Hall–Kier alpha value is -1.35. The topological polar surface area (TPSA) is 26.3 Å². The number of hydrogen-bond donors (Lipinski definition) is 0. The van der Waals surface area contributed by atoms with Crippen LogP contribution in [-0.4, -0.2) is 21.2 Å². The first-order valence-corrected chi connectivity index (χ1v) is 9.28. The van der Waals surface area contributed by atoms with Gasteiger partial charge in [0.1, 0.15) is 0 Å². The molecule has 0 radical (unpaired) electrons. The molecule has 0 bridgehead atoms. The maximum atomic E-state index is 11.7. The summed E-state index contributed by atoms with van der Waals surface area (Å²) in [5.41, 5.74) is 1.21. The maximum absolute atomic E-state index is 11.7. The molecule has 0 aromatic heterocycles. The first kappa shape index (κ1) is 13.7. The molecule has 0 atom stereocenters. The van der Waals surface area contributed by atoms with Crippen LogP contribution in [0.1, 0.15) is 5.56 Å². The Balaban J connectivity index is 2.89. The highest BCUT2D eigenvalue weighted by Crippen LogP contribution is 2.17. The van der Waals surface area contributed by atoms with Gasteiger partial charge in [-0.2, -0.15) is 0 Å². The van der Waals surface area contributed by atoms with Crippen molar-refractivity contribution in [1.29, 1.82) is 0 Å². The standard InChI is InChI=1S/C14H20O2Si/c1-16-14(15)13(17(2,3)4)11-10-12-8-6-5-7-9-12/h5-9,11H,10H2,1-4H3/b13-11-. The van der Waals surface area contributed by atoms with Crippen LogP contribution in [0, 0.1) is 0 Å². The van der Waals surface area contributed by atoms with Crippen LogP contribution in [0.25, 0.3) is 0 Å². The second-order valence-corrected chi connectivity index (χ2v) is 10.1. The minimum Gasteiger partial charge on any atom is -0.466 e. The van der Waals surface area contributed by atoms with E-state index in [2.05, 4.69) is 31.8 Å². The summed E-state index contributed by atoms with van der Waals surface area (Å²) in [6, 6.07) is 10.1. The van der Waals surface area contributed by atoms with Crippen molar-refractivity contribution in [2.24, 2.45) is 0 Å². The third kappa shape index (κ3) is 4.19. The predicted molar refractivity (Wildman–Crippen MR) is 73.6 cm³/mol. The van der Waals surface area contributed by atoms with Crippen LogP contribution in [0.5, 0.6) is 0 Å². The smallest absolute Gasteiger partial charge is 0.329 e. The van der Waals surface area contributed by atoms with Gasteiger partial charge in [-0.3, -0.25) is 0 Å². The molecule has 0 aliphatic heterocycles. The summed E-state index contributed by atoms with van der Waals surface area (Å²) >= 11 is 0. The van der Waals surface area contributed by atoms with E-state index in [4.69, 9.17) is 4.74 Å². The maximum Gasteiger partial charge on any atom is 0.329 e. The van der Waals surface area contributed by atoms with Gasteiger partial charge in [-0.1, -0.05) is 56.0 Å². The number of esters is 1. The van der Waals surface area contributed by atoms with E-state index in [-0.39, 0.29) is 5.97 Å². The Labute approximate surface area is 104 Å². The highest BCUT2D eigenvalue weighted by molar-refractivity contribution is 6.87. The molecule has 3 heteroatoms. The lowest BCUT2D eigenvalue weighted by atomic mass is 10.1. The molecule has 0 spiro atoms. The van der Waals surface area contributed by atoms with E-state index in [0.717, 1.165) is 11.6 Å². The summed E-state index contributed by atoms with van der Waals surface area (Å²) in [5, 5.41) is 0.865. The van der Waals surface area contributed by atoms with Gasteiger partial charge in [0.25, 0.3) is 0 Å². The van der Waals surface area contributed by atoms with Crippen molar-refractivity contribution in [2.45, 2.75) is 26.1 Å². The highest BCUT2D eigenvalue weighted by Gasteiger charge is 2.26. The molecule has 0 N–H and O–H groups in total. The third-order valence-electron chi connectivity index (χ3n) is 2.60. The molecular weight excluding hydrogens is 228 g/mol. The summed E-state index contributed by atoms with van der Waals surface area (Å²) in [4.78, 5) is 11.7. The Morgan fingerprint density at radius 3 is 2.29 bits per heavy atom. The Kier molecular flexibility index (Phi) is 4.69. The quantitative estimate of drug-likeness (QED) is 0.464. The second kappa shape index (κ2) is 5.82. The molecule has 0 saturated heterocycles. The van der Waals surface area contributed by atoms with E-state index < -0.39 is 8.07 Å². The molecule has 0 aliphatic carbocycles. The van der Waals surface area contributed by atoms with Crippen molar-refractivity contribution >= 4 is 14.0 Å². The fourth-order valence-electron chi connectivity index (χ4n) is 1.64. The molecule has 0 fully saturated rings. The minimum absolute atomic E-state index is 0.180. The number of ether oxygens (including phenoxy) is 1. The van der Waals surface area contributed by atoms with E-state index in [0.29, 0.717) is 0 Å². The summed E-state index contributed by atoms with van der Waals surface area (Å²) in [6.07, 6.45) is 2.81. The number of benzene rings is 1. The SMILES string of the molecule is COC(=O)/C(=C/Cc1ccccc1)[Si](C)(C)C. The number of hydrogen-bond acceptors (Lipinski definition) is 2. The summed E-state index contributed by atoms with van der Waals surface area (Å²) < 4.78 is 4.85. The number of methoxy groups -OCH3 is 1. The van der Waals surface area contributed by atoms with Gasteiger partial charge < -0.3 is 4.74 Å². The molecule has 92 valence electrons. The zero-order valence-corrected chi connectivity index (χ0v) is 12.0. The van der Waals surface area contributed by atoms with Crippen LogP contribution in [0.3, 0.4) is 0 Å². The zero-order valence-electron chi connectivity index (χ0n) is 11.0. The third-order valence-corrected chi connectivity index (χ3v) is 4.62. The first-order chi connectivity index (χ1) is 7.95. The fraction of sp³-hybridized carbons (Fsp3) is 0.357. The molecule has 0 amide bonds. The van der Waals surface area contributed by atoms with E-state index in [1.807, 2.05) is 24.3 Å². The van der Waals surface area contributed by atoms with Crippen molar-refractivity contribution < 1.29 is 9.53 Å². The van der Waals surface area contributed by atoms with Crippen LogP contribution in [0.4, 0.5) is 0 Å². The average Bonchev–Trinajstić information content (AvgIpc) is 2.28. The molecule has 1 aromatic rings. The highest BCUT2D eigenvalue weighted by atomic mass is 28.3. The van der Waals surface area contributed by atoms with Gasteiger partial charge in [-0.25, -0.2) is 4.79 Å². The van der Waals surface area contributed by atoms with Crippen molar-refractivity contribution in [3.05, 3.63) is 47.2 Å². The van der Waals surface area contributed by atoms with Crippen LogP contribution in [0.15, 0.2) is 41.6 Å². The van der Waals surface area contributed by atoms with Crippen LogP contribution in [0.2, 0.25) is 19.6 Å². The number of carbonyl (C=O) groups is 1. The monoisotopic (exact) mass is 248 g/mol. The lowest BCUT2D eigenvalue weighted by molar-refractivity contribution is -0.135. The lowest BCUT2D eigenvalue weighted by Crippen LogP contribution is -2.30. The molecule has 0 heterocycles. The molecule has 0 aliphatic rings. The van der Waals surface area contributed by atoms with E-state index in [1.54, 1.807) is 0 Å². The summed E-state index contributed by atoms with van der Waals surface area (Å²) in [5.74, 6) is -0.180. The van der Waals surface area contributed by atoms with Gasteiger partial charge in [0.05, 0.1) is 15.2 Å². The molecular formula is C14H20O2Si. The molecule has 17 heavy (non-hydrogen) atoms. The van der Waals surface area contributed by atoms with Gasteiger partial charge in [0, 0.05) is 5.20 Å². The normalized spacial score (nSPS) is 12.4. The van der Waals surface area contributed by atoms with Gasteiger partial charge in [-0.15, -0.1) is 0 Å². The van der Waals surface area contributed by atoms with Crippen molar-refractivity contribution in [3.8, 4) is 0 Å². The predicted octanol–water partition coefficient (Wildman–Crippen LogP) is 3.21. The average molecular weight is 248 g/mol. The number of rotatable bonds is 4. The molecule has 1 aromatic carbocycles. The van der Waals surface area contributed by atoms with Crippen LogP contribution in [-0.2, 0) is 16.0 Å².